The molecule has 1 heterocycles. The summed E-state index contributed by atoms with van der Waals surface area (Å²) in [6, 6.07) is 3.80. The van der Waals surface area contributed by atoms with Crippen molar-refractivity contribution in [2.45, 2.75) is 25.7 Å². The predicted molar refractivity (Wildman–Crippen MR) is 69.8 cm³/mol. The molecule has 2 rings (SSSR count). The van der Waals surface area contributed by atoms with Crippen molar-refractivity contribution < 1.29 is 17.9 Å². The molecule has 2 nitrogen and oxygen atoms in total. The van der Waals surface area contributed by atoms with E-state index in [-0.39, 0.29) is 6.10 Å². The van der Waals surface area contributed by atoms with E-state index in [0.29, 0.717) is 17.6 Å². The largest absolute Gasteiger partial charge is 0.416 e. The van der Waals surface area contributed by atoms with Gasteiger partial charge in [0.2, 0.25) is 0 Å². The Labute approximate surface area is 118 Å². The van der Waals surface area contributed by atoms with E-state index in [2.05, 4.69) is 20.8 Å². The van der Waals surface area contributed by atoms with E-state index in [1.807, 2.05) is 6.92 Å². The highest BCUT2D eigenvalue weighted by molar-refractivity contribution is 9.10. The van der Waals surface area contributed by atoms with Gasteiger partial charge in [0.15, 0.2) is 0 Å². The monoisotopic (exact) mass is 337 g/mol. The Bertz CT molecular complexity index is 450. The fourth-order valence-electron chi connectivity index (χ4n) is 2.13. The number of halogens is 4. The van der Waals surface area contributed by atoms with E-state index in [1.165, 1.54) is 6.07 Å². The van der Waals surface area contributed by atoms with Crippen LogP contribution in [0.2, 0.25) is 0 Å². The zero-order valence-corrected chi connectivity index (χ0v) is 12.1. The molecular formula is C13H15BrF3NO. The zero-order chi connectivity index (χ0) is 14.0. The van der Waals surface area contributed by atoms with Crippen LogP contribution < -0.4 is 0 Å². The van der Waals surface area contributed by atoms with Crippen LogP contribution in [0, 0.1) is 0 Å². The van der Waals surface area contributed by atoms with Crippen molar-refractivity contribution in [1.82, 2.24) is 4.90 Å². The summed E-state index contributed by atoms with van der Waals surface area (Å²) in [6.07, 6.45) is -4.13. The number of benzene rings is 1. The van der Waals surface area contributed by atoms with Crippen LogP contribution in [-0.4, -0.2) is 30.7 Å². The van der Waals surface area contributed by atoms with Crippen LogP contribution >= 0.6 is 15.9 Å². The smallest absolute Gasteiger partial charge is 0.376 e. The van der Waals surface area contributed by atoms with Gasteiger partial charge in [0.25, 0.3) is 0 Å². The second-order valence-electron chi connectivity index (χ2n) is 4.72. The highest BCUT2D eigenvalue weighted by Crippen LogP contribution is 2.32. The van der Waals surface area contributed by atoms with Gasteiger partial charge in [0, 0.05) is 24.1 Å². The lowest BCUT2D eigenvalue weighted by Crippen LogP contribution is -2.40. The van der Waals surface area contributed by atoms with Crippen molar-refractivity contribution in [2.24, 2.45) is 0 Å². The summed E-state index contributed by atoms with van der Waals surface area (Å²) < 4.78 is 43.6. The van der Waals surface area contributed by atoms with E-state index in [0.717, 1.165) is 30.8 Å². The number of hydrogen-bond donors (Lipinski definition) is 0. The minimum atomic E-state index is -4.30. The lowest BCUT2D eigenvalue weighted by Gasteiger charge is -2.31. The van der Waals surface area contributed by atoms with Crippen molar-refractivity contribution in [2.75, 3.05) is 19.7 Å². The molecular weight excluding hydrogens is 323 g/mol. The summed E-state index contributed by atoms with van der Waals surface area (Å²) in [5, 5.41) is 0. The van der Waals surface area contributed by atoms with E-state index >= 15 is 0 Å². The Morgan fingerprint density at radius 1 is 1.42 bits per heavy atom. The van der Waals surface area contributed by atoms with Crippen LogP contribution in [0.4, 0.5) is 13.2 Å². The summed E-state index contributed by atoms with van der Waals surface area (Å²) in [5.41, 5.74) is 0.237. The van der Waals surface area contributed by atoms with Gasteiger partial charge in [-0.05, 0) is 24.6 Å². The van der Waals surface area contributed by atoms with E-state index in [1.54, 1.807) is 0 Å². The molecule has 6 heteroatoms. The van der Waals surface area contributed by atoms with Gasteiger partial charge in [0.1, 0.15) is 0 Å². The minimum Gasteiger partial charge on any atom is -0.376 e. The Morgan fingerprint density at radius 2 is 2.16 bits per heavy atom. The van der Waals surface area contributed by atoms with E-state index < -0.39 is 11.7 Å². The maximum Gasteiger partial charge on any atom is 0.416 e. The van der Waals surface area contributed by atoms with E-state index in [9.17, 15) is 13.2 Å². The molecule has 106 valence electrons. The Balaban J connectivity index is 2.09. The lowest BCUT2D eigenvalue weighted by atomic mass is 10.1. The SMILES string of the molecule is CC1CN(Cc2ccc(C(F)(F)F)cc2Br)CCO1. The lowest BCUT2D eigenvalue weighted by molar-refractivity contribution is -0.137. The standard InChI is InChI=1S/C13H15BrF3NO/c1-9-7-18(4-5-19-9)8-10-2-3-11(6-12(10)14)13(15,16)17/h2-3,6,9H,4-5,7-8H2,1H3. The van der Waals surface area contributed by atoms with Crippen LogP contribution in [0.3, 0.4) is 0 Å². The third-order valence-electron chi connectivity index (χ3n) is 3.10. The third kappa shape index (κ3) is 3.94. The quantitative estimate of drug-likeness (QED) is 0.816. The number of alkyl halides is 3. The van der Waals surface area contributed by atoms with Gasteiger partial charge in [-0.3, -0.25) is 4.90 Å². The molecule has 1 aliphatic rings. The molecule has 1 aromatic rings. The first-order valence-electron chi connectivity index (χ1n) is 6.06. The van der Waals surface area contributed by atoms with Crippen LogP contribution in [0.15, 0.2) is 22.7 Å². The Morgan fingerprint density at radius 3 is 2.74 bits per heavy atom. The van der Waals surface area contributed by atoms with Gasteiger partial charge < -0.3 is 4.74 Å². The molecule has 0 aromatic heterocycles. The predicted octanol–water partition coefficient (Wildman–Crippen LogP) is 3.69. The minimum absolute atomic E-state index is 0.168. The maximum atomic E-state index is 12.6. The normalized spacial score (nSPS) is 21.6. The molecule has 1 aliphatic heterocycles. The van der Waals surface area contributed by atoms with Crippen molar-refractivity contribution in [3.63, 3.8) is 0 Å². The molecule has 0 saturated carbocycles. The second-order valence-corrected chi connectivity index (χ2v) is 5.57. The molecule has 19 heavy (non-hydrogen) atoms. The molecule has 0 bridgehead atoms. The molecule has 0 spiro atoms. The molecule has 0 amide bonds. The topological polar surface area (TPSA) is 12.5 Å². The zero-order valence-electron chi connectivity index (χ0n) is 10.5. The fraction of sp³-hybridized carbons (Fsp3) is 0.538. The number of nitrogens with zero attached hydrogens (tertiary/aromatic N) is 1. The van der Waals surface area contributed by atoms with Crippen LogP contribution in [-0.2, 0) is 17.5 Å². The maximum absolute atomic E-state index is 12.6. The summed E-state index contributed by atoms with van der Waals surface area (Å²) in [5.74, 6) is 0. The van der Waals surface area contributed by atoms with Crippen molar-refractivity contribution in [3.8, 4) is 0 Å². The summed E-state index contributed by atoms with van der Waals surface area (Å²) in [6.45, 7) is 4.89. The summed E-state index contributed by atoms with van der Waals surface area (Å²) in [4.78, 5) is 2.18. The van der Waals surface area contributed by atoms with Crippen molar-refractivity contribution in [1.29, 1.82) is 0 Å². The third-order valence-corrected chi connectivity index (χ3v) is 3.84. The highest BCUT2D eigenvalue weighted by Gasteiger charge is 2.31. The fourth-order valence-corrected chi connectivity index (χ4v) is 2.63. The van der Waals surface area contributed by atoms with Gasteiger partial charge in [-0.15, -0.1) is 0 Å². The van der Waals surface area contributed by atoms with Gasteiger partial charge in [-0.2, -0.15) is 13.2 Å². The molecule has 1 unspecified atom stereocenters. The van der Waals surface area contributed by atoms with Crippen molar-refractivity contribution in [3.05, 3.63) is 33.8 Å². The highest BCUT2D eigenvalue weighted by atomic mass is 79.9. The second kappa shape index (κ2) is 5.81. The first-order valence-corrected chi connectivity index (χ1v) is 6.85. The first kappa shape index (κ1) is 14.8. The number of morpholine rings is 1. The van der Waals surface area contributed by atoms with Gasteiger partial charge >= 0.3 is 6.18 Å². The van der Waals surface area contributed by atoms with Crippen LogP contribution in [0.5, 0.6) is 0 Å². The molecule has 1 saturated heterocycles. The number of hydrogen-bond acceptors (Lipinski definition) is 2. The average Bonchev–Trinajstić information content (AvgIpc) is 2.30. The average molecular weight is 338 g/mol. The number of ether oxygens (including phenoxy) is 1. The Kier molecular flexibility index (Phi) is 4.53. The molecule has 1 fully saturated rings. The summed E-state index contributed by atoms with van der Waals surface area (Å²) >= 11 is 3.22. The summed E-state index contributed by atoms with van der Waals surface area (Å²) in [7, 11) is 0. The van der Waals surface area contributed by atoms with Crippen molar-refractivity contribution >= 4 is 15.9 Å². The van der Waals surface area contributed by atoms with Gasteiger partial charge in [-0.1, -0.05) is 22.0 Å². The number of rotatable bonds is 2. The van der Waals surface area contributed by atoms with Crippen LogP contribution in [0.25, 0.3) is 0 Å². The Hall–Kier alpha value is -0.590. The van der Waals surface area contributed by atoms with Gasteiger partial charge in [0.05, 0.1) is 18.3 Å². The molecule has 0 aliphatic carbocycles. The molecule has 0 N–H and O–H groups in total. The first-order chi connectivity index (χ1) is 8.86. The van der Waals surface area contributed by atoms with Gasteiger partial charge in [-0.25, -0.2) is 0 Å². The molecule has 1 aromatic carbocycles. The van der Waals surface area contributed by atoms with Crippen LogP contribution in [0.1, 0.15) is 18.1 Å². The van der Waals surface area contributed by atoms with E-state index in [4.69, 9.17) is 4.74 Å². The molecule has 0 radical (unpaired) electrons. The molecule has 1 atom stereocenters.